The molecular formula is C22H20F3NO4S. The summed E-state index contributed by atoms with van der Waals surface area (Å²) in [6.07, 6.45) is -3.16. The molecule has 0 atom stereocenters. The SMILES string of the molecule is COc1ccc(CC(=O)O)cc1OCCCc1nc(-c2ccc(C(F)(F)F)cc2)cs1. The van der Waals surface area contributed by atoms with Crippen LogP contribution < -0.4 is 9.47 Å². The molecule has 0 bridgehead atoms. The number of carboxylic acid groups (broad SMARTS) is 1. The van der Waals surface area contributed by atoms with Gasteiger partial charge in [0.15, 0.2) is 11.5 Å². The van der Waals surface area contributed by atoms with E-state index in [1.54, 1.807) is 18.2 Å². The van der Waals surface area contributed by atoms with Crippen LogP contribution in [0.15, 0.2) is 47.8 Å². The number of methoxy groups -OCH3 is 1. The average molecular weight is 451 g/mol. The third-order valence-electron chi connectivity index (χ3n) is 4.44. The van der Waals surface area contributed by atoms with Crippen molar-refractivity contribution in [2.45, 2.75) is 25.4 Å². The largest absolute Gasteiger partial charge is 0.493 e. The summed E-state index contributed by atoms with van der Waals surface area (Å²) in [6, 6.07) is 9.94. The van der Waals surface area contributed by atoms with Crippen molar-refractivity contribution in [3.8, 4) is 22.8 Å². The number of rotatable bonds is 9. The Morgan fingerprint density at radius 1 is 1.13 bits per heavy atom. The van der Waals surface area contributed by atoms with E-state index in [-0.39, 0.29) is 6.42 Å². The van der Waals surface area contributed by atoms with Gasteiger partial charge in [-0.25, -0.2) is 4.98 Å². The molecule has 2 aromatic carbocycles. The standard InChI is InChI=1S/C22H20F3NO4S/c1-29-18-9-4-14(12-21(27)28)11-19(18)30-10-2-3-20-26-17(13-31-20)15-5-7-16(8-6-15)22(23,24)25/h4-9,11,13H,2-3,10,12H2,1H3,(H,27,28). The molecular weight excluding hydrogens is 431 g/mol. The molecule has 0 unspecified atom stereocenters. The molecule has 0 aliphatic heterocycles. The van der Waals surface area contributed by atoms with E-state index in [9.17, 15) is 18.0 Å². The lowest BCUT2D eigenvalue weighted by Gasteiger charge is -2.11. The maximum absolute atomic E-state index is 12.7. The summed E-state index contributed by atoms with van der Waals surface area (Å²) in [4.78, 5) is 15.4. The zero-order valence-electron chi connectivity index (χ0n) is 16.6. The lowest BCUT2D eigenvalue weighted by Crippen LogP contribution is -2.04. The van der Waals surface area contributed by atoms with Crippen LogP contribution in [0.2, 0.25) is 0 Å². The summed E-state index contributed by atoms with van der Waals surface area (Å²) in [5.41, 5.74) is 1.19. The highest BCUT2D eigenvalue weighted by molar-refractivity contribution is 7.09. The predicted octanol–water partition coefficient (Wildman–Crippen LogP) is 5.48. The van der Waals surface area contributed by atoms with Crippen molar-refractivity contribution in [1.82, 2.24) is 4.98 Å². The summed E-state index contributed by atoms with van der Waals surface area (Å²) in [5, 5.41) is 11.6. The van der Waals surface area contributed by atoms with Gasteiger partial charge in [-0.1, -0.05) is 18.2 Å². The van der Waals surface area contributed by atoms with Gasteiger partial charge >= 0.3 is 12.1 Å². The summed E-state index contributed by atoms with van der Waals surface area (Å²) >= 11 is 1.44. The van der Waals surface area contributed by atoms with Gasteiger partial charge in [-0.15, -0.1) is 11.3 Å². The molecule has 1 N–H and O–H groups in total. The fourth-order valence-corrected chi connectivity index (χ4v) is 3.76. The van der Waals surface area contributed by atoms with Crippen molar-refractivity contribution in [3.05, 3.63) is 64.0 Å². The second-order valence-corrected chi connectivity index (χ2v) is 7.65. The van der Waals surface area contributed by atoms with Crippen molar-refractivity contribution in [1.29, 1.82) is 0 Å². The molecule has 0 fully saturated rings. The van der Waals surface area contributed by atoms with Gasteiger partial charge in [-0.3, -0.25) is 4.79 Å². The Morgan fingerprint density at radius 3 is 2.52 bits per heavy atom. The molecule has 0 aliphatic carbocycles. The van der Waals surface area contributed by atoms with E-state index < -0.39 is 17.7 Å². The molecule has 1 heterocycles. The number of alkyl halides is 3. The summed E-state index contributed by atoms with van der Waals surface area (Å²) < 4.78 is 49.1. The number of aryl methyl sites for hydroxylation is 1. The molecule has 31 heavy (non-hydrogen) atoms. The minimum atomic E-state index is -4.36. The maximum atomic E-state index is 12.7. The summed E-state index contributed by atoms with van der Waals surface area (Å²) in [6.45, 7) is 0.377. The Labute approximate surface area is 181 Å². The molecule has 9 heteroatoms. The highest BCUT2D eigenvalue weighted by Gasteiger charge is 2.30. The molecule has 0 amide bonds. The van der Waals surface area contributed by atoms with E-state index in [1.165, 1.54) is 30.6 Å². The Balaban J connectivity index is 1.55. The second kappa shape index (κ2) is 9.82. The topological polar surface area (TPSA) is 68.7 Å². The average Bonchev–Trinajstić information content (AvgIpc) is 3.19. The first-order valence-corrected chi connectivity index (χ1v) is 10.3. The first-order valence-electron chi connectivity index (χ1n) is 9.40. The number of halogens is 3. The number of nitrogens with zero attached hydrogens (tertiary/aromatic N) is 1. The number of aliphatic carboxylic acids is 1. The van der Waals surface area contributed by atoms with Crippen LogP contribution in [0.25, 0.3) is 11.3 Å². The summed E-state index contributed by atoms with van der Waals surface area (Å²) in [5.74, 6) is 0.0718. The van der Waals surface area contributed by atoms with Gasteiger partial charge in [0.25, 0.3) is 0 Å². The third kappa shape index (κ3) is 6.21. The number of thiazole rings is 1. The number of hydrogen-bond donors (Lipinski definition) is 1. The molecule has 0 radical (unpaired) electrons. The molecule has 164 valence electrons. The van der Waals surface area contributed by atoms with Gasteiger partial charge in [0, 0.05) is 17.4 Å². The number of ether oxygens (including phenoxy) is 2. The van der Waals surface area contributed by atoms with Crippen molar-refractivity contribution in [2.75, 3.05) is 13.7 Å². The van der Waals surface area contributed by atoms with Gasteiger partial charge in [0.05, 0.1) is 36.4 Å². The van der Waals surface area contributed by atoms with Crippen LogP contribution in [0.1, 0.15) is 22.6 Å². The molecule has 5 nitrogen and oxygen atoms in total. The highest BCUT2D eigenvalue weighted by atomic mass is 32.1. The van der Waals surface area contributed by atoms with Crippen molar-refractivity contribution in [3.63, 3.8) is 0 Å². The molecule has 0 spiro atoms. The number of carbonyl (C=O) groups is 1. The van der Waals surface area contributed by atoms with Crippen LogP contribution in [0.5, 0.6) is 11.5 Å². The first kappa shape index (κ1) is 22.6. The lowest BCUT2D eigenvalue weighted by molar-refractivity contribution is -0.138. The molecule has 1 aromatic heterocycles. The second-order valence-electron chi connectivity index (χ2n) is 6.71. The molecule has 0 aliphatic rings. The zero-order valence-corrected chi connectivity index (χ0v) is 17.4. The Hall–Kier alpha value is -3.07. The number of hydrogen-bond acceptors (Lipinski definition) is 5. The first-order chi connectivity index (χ1) is 14.8. The lowest BCUT2D eigenvalue weighted by atomic mass is 10.1. The Bertz CT molecular complexity index is 1030. The Morgan fingerprint density at radius 2 is 1.87 bits per heavy atom. The number of benzene rings is 2. The normalized spacial score (nSPS) is 11.4. The minimum Gasteiger partial charge on any atom is -0.493 e. The maximum Gasteiger partial charge on any atom is 0.416 e. The van der Waals surface area contributed by atoms with Crippen molar-refractivity contribution >= 4 is 17.3 Å². The van der Waals surface area contributed by atoms with E-state index in [1.807, 2.05) is 5.38 Å². The van der Waals surface area contributed by atoms with Gasteiger partial charge in [0.1, 0.15) is 0 Å². The van der Waals surface area contributed by atoms with Crippen LogP contribution in [0, 0.1) is 0 Å². The fourth-order valence-electron chi connectivity index (χ4n) is 2.91. The van der Waals surface area contributed by atoms with E-state index in [0.717, 1.165) is 17.1 Å². The smallest absolute Gasteiger partial charge is 0.416 e. The van der Waals surface area contributed by atoms with Gasteiger partial charge < -0.3 is 14.6 Å². The van der Waals surface area contributed by atoms with Crippen molar-refractivity contribution < 1.29 is 32.5 Å². The molecule has 3 rings (SSSR count). The number of aromatic nitrogens is 1. The third-order valence-corrected chi connectivity index (χ3v) is 5.34. The van der Waals surface area contributed by atoms with E-state index in [0.29, 0.717) is 47.8 Å². The Kier molecular flexibility index (Phi) is 7.17. The predicted molar refractivity (Wildman–Crippen MR) is 111 cm³/mol. The van der Waals surface area contributed by atoms with Crippen LogP contribution in [0.3, 0.4) is 0 Å². The molecule has 0 saturated heterocycles. The van der Waals surface area contributed by atoms with Crippen molar-refractivity contribution in [2.24, 2.45) is 0 Å². The molecule has 0 saturated carbocycles. The quantitative estimate of drug-likeness (QED) is 0.437. The van der Waals surface area contributed by atoms with Crippen LogP contribution in [-0.2, 0) is 23.8 Å². The van der Waals surface area contributed by atoms with Crippen LogP contribution in [-0.4, -0.2) is 29.8 Å². The van der Waals surface area contributed by atoms with Gasteiger partial charge in [-0.05, 0) is 36.2 Å². The highest BCUT2D eigenvalue weighted by Crippen LogP contribution is 2.32. The minimum absolute atomic E-state index is 0.105. The van der Waals surface area contributed by atoms with Gasteiger partial charge in [0.2, 0.25) is 0 Å². The zero-order chi connectivity index (χ0) is 22.4. The monoisotopic (exact) mass is 451 g/mol. The van der Waals surface area contributed by atoms with E-state index >= 15 is 0 Å². The van der Waals surface area contributed by atoms with E-state index in [2.05, 4.69) is 4.98 Å². The van der Waals surface area contributed by atoms with Gasteiger partial charge in [-0.2, -0.15) is 13.2 Å². The van der Waals surface area contributed by atoms with E-state index in [4.69, 9.17) is 14.6 Å². The van der Waals surface area contributed by atoms with Crippen LogP contribution >= 0.6 is 11.3 Å². The molecule has 3 aromatic rings. The van der Waals surface area contributed by atoms with Crippen LogP contribution in [0.4, 0.5) is 13.2 Å². The number of carboxylic acids is 1. The summed E-state index contributed by atoms with van der Waals surface area (Å²) in [7, 11) is 1.51. The fraction of sp³-hybridized carbons (Fsp3) is 0.273.